The minimum atomic E-state index is -2.48. The third-order valence-corrected chi connectivity index (χ3v) is 4.88. The highest BCUT2D eigenvalue weighted by molar-refractivity contribution is 5.74. The summed E-state index contributed by atoms with van der Waals surface area (Å²) < 4.78 is 26.5. The monoisotopic (exact) mass is 317 g/mol. The first-order chi connectivity index (χ1) is 10.5. The third-order valence-electron chi connectivity index (χ3n) is 4.88. The van der Waals surface area contributed by atoms with Crippen LogP contribution in [0, 0.1) is 5.92 Å². The van der Waals surface area contributed by atoms with Gasteiger partial charge < -0.3 is 15.5 Å². The molecule has 1 saturated heterocycles. The molecule has 2 rings (SSSR count). The first kappa shape index (κ1) is 17.4. The van der Waals surface area contributed by atoms with Gasteiger partial charge in [0.15, 0.2) is 0 Å². The lowest BCUT2D eigenvalue weighted by atomic mass is 9.83. The summed E-state index contributed by atoms with van der Waals surface area (Å²) in [5.41, 5.74) is 0. The molecule has 0 aromatic heterocycles. The number of carbonyl (C=O) groups excluding carboxylic acids is 1. The van der Waals surface area contributed by atoms with Gasteiger partial charge in [-0.25, -0.2) is 13.6 Å². The highest BCUT2D eigenvalue weighted by Crippen LogP contribution is 2.37. The van der Waals surface area contributed by atoms with Crippen molar-refractivity contribution < 1.29 is 13.6 Å². The number of nitrogens with zero attached hydrogens (tertiary/aromatic N) is 1. The number of rotatable bonds is 5. The number of nitrogens with one attached hydrogen (secondary N) is 2. The summed E-state index contributed by atoms with van der Waals surface area (Å²) in [4.78, 5) is 14.2. The fourth-order valence-corrected chi connectivity index (χ4v) is 3.54. The largest absolute Gasteiger partial charge is 0.334 e. The number of amides is 2. The predicted molar refractivity (Wildman–Crippen MR) is 83.2 cm³/mol. The summed E-state index contributed by atoms with van der Waals surface area (Å²) in [6.07, 6.45) is 5.23. The Hall–Kier alpha value is -0.910. The van der Waals surface area contributed by atoms with Gasteiger partial charge in [0.05, 0.1) is 0 Å². The zero-order valence-electron chi connectivity index (χ0n) is 13.5. The van der Waals surface area contributed by atoms with E-state index in [0.717, 1.165) is 32.4 Å². The van der Waals surface area contributed by atoms with Crippen LogP contribution in [0.4, 0.5) is 13.6 Å². The maximum absolute atomic E-state index is 13.2. The van der Waals surface area contributed by atoms with Crippen molar-refractivity contribution in [1.82, 2.24) is 15.5 Å². The van der Waals surface area contributed by atoms with Crippen LogP contribution in [0.15, 0.2) is 0 Å². The molecule has 2 aliphatic rings. The van der Waals surface area contributed by atoms with Crippen LogP contribution < -0.4 is 10.6 Å². The van der Waals surface area contributed by atoms with E-state index in [1.165, 1.54) is 6.42 Å². The van der Waals surface area contributed by atoms with Gasteiger partial charge in [-0.3, -0.25) is 0 Å². The van der Waals surface area contributed by atoms with Crippen molar-refractivity contribution in [2.45, 2.75) is 63.3 Å². The van der Waals surface area contributed by atoms with Gasteiger partial charge in [0.1, 0.15) is 0 Å². The Morgan fingerprint density at radius 3 is 2.45 bits per heavy atom. The highest BCUT2D eigenvalue weighted by atomic mass is 19.3. The van der Waals surface area contributed by atoms with Crippen LogP contribution in [-0.2, 0) is 0 Å². The van der Waals surface area contributed by atoms with Gasteiger partial charge in [-0.15, -0.1) is 0 Å². The third kappa shape index (κ3) is 5.38. The van der Waals surface area contributed by atoms with E-state index in [2.05, 4.69) is 10.6 Å². The molecule has 1 aliphatic heterocycles. The molecule has 1 saturated carbocycles. The van der Waals surface area contributed by atoms with E-state index >= 15 is 0 Å². The molecule has 1 heterocycles. The van der Waals surface area contributed by atoms with Gasteiger partial charge in [-0.1, -0.05) is 0 Å². The van der Waals surface area contributed by atoms with Gasteiger partial charge in [-0.05, 0) is 51.5 Å². The Morgan fingerprint density at radius 1 is 1.23 bits per heavy atom. The summed E-state index contributed by atoms with van der Waals surface area (Å²) in [5, 5.41) is 6.19. The Balaban J connectivity index is 1.80. The van der Waals surface area contributed by atoms with Crippen molar-refractivity contribution in [2.24, 2.45) is 5.92 Å². The molecule has 1 atom stereocenters. The van der Waals surface area contributed by atoms with Crippen molar-refractivity contribution >= 4 is 6.03 Å². The van der Waals surface area contributed by atoms with Crippen LogP contribution in [0.1, 0.15) is 51.4 Å². The molecule has 6 heteroatoms. The number of carbonyl (C=O) groups is 1. The van der Waals surface area contributed by atoms with Gasteiger partial charge in [-0.2, -0.15) is 0 Å². The van der Waals surface area contributed by atoms with E-state index in [9.17, 15) is 13.6 Å². The van der Waals surface area contributed by atoms with Gasteiger partial charge in [0.25, 0.3) is 0 Å². The molecule has 1 aliphatic carbocycles. The standard InChI is InChI=1S/C16H29F2N3O/c1-19-12-14(11-13-5-7-16(17,18)8-6-13)20-15(22)21-9-3-2-4-10-21/h13-14,19H,2-12H2,1H3,(H,20,22)/t14-/m0/s1. The van der Waals surface area contributed by atoms with Crippen LogP contribution in [0.25, 0.3) is 0 Å². The van der Waals surface area contributed by atoms with Crippen molar-refractivity contribution in [3.63, 3.8) is 0 Å². The van der Waals surface area contributed by atoms with Gasteiger partial charge >= 0.3 is 6.03 Å². The van der Waals surface area contributed by atoms with E-state index < -0.39 is 5.92 Å². The molecule has 2 amide bonds. The molecule has 2 N–H and O–H groups in total. The number of alkyl halides is 2. The molecule has 0 aromatic carbocycles. The molecule has 0 aromatic rings. The SMILES string of the molecule is CNC[C@H](CC1CCC(F)(F)CC1)NC(=O)N1CCCCC1. The molecule has 2 fully saturated rings. The summed E-state index contributed by atoms with van der Waals surface area (Å²) in [6.45, 7) is 2.34. The summed E-state index contributed by atoms with van der Waals surface area (Å²) in [6, 6.07) is 0.0252. The number of hydrogen-bond acceptors (Lipinski definition) is 2. The maximum atomic E-state index is 13.2. The second-order valence-corrected chi connectivity index (χ2v) is 6.79. The lowest BCUT2D eigenvalue weighted by Crippen LogP contribution is -2.50. The topological polar surface area (TPSA) is 44.4 Å². The average molecular weight is 317 g/mol. The molecule has 0 unspecified atom stereocenters. The summed E-state index contributed by atoms with van der Waals surface area (Å²) in [5.74, 6) is -2.19. The van der Waals surface area contributed by atoms with Crippen LogP contribution in [0.2, 0.25) is 0 Å². The van der Waals surface area contributed by atoms with Crippen molar-refractivity contribution in [2.75, 3.05) is 26.7 Å². The van der Waals surface area contributed by atoms with Crippen molar-refractivity contribution in [3.8, 4) is 0 Å². The molecule has 0 radical (unpaired) electrons. The second kappa shape index (κ2) is 8.09. The Labute approximate surface area is 132 Å². The van der Waals surface area contributed by atoms with E-state index in [4.69, 9.17) is 0 Å². The van der Waals surface area contributed by atoms with Crippen LogP contribution in [0.5, 0.6) is 0 Å². The molecule has 0 bridgehead atoms. The molecule has 0 spiro atoms. The quantitative estimate of drug-likeness (QED) is 0.819. The van der Waals surface area contributed by atoms with E-state index in [-0.39, 0.29) is 24.9 Å². The van der Waals surface area contributed by atoms with Crippen LogP contribution in [-0.4, -0.2) is 49.6 Å². The predicted octanol–water partition coefficient (Wildman–Crippen LogP) is 2.99. The zero-order valence-corrected chi connectivity index (χ0v) is 13.5. The molecule has 22 heavy (non-hydrogen) atoms. The number of halogens is 2. The van der Waals surface area contributed by atoms with Crippen LogP contribution in [0.3, 0.4) is 0 Å². The number of hydrogen-bond donors (Lipinski definition) is 2. The fraction of sp³-hybridized carbons (Fsp3) is 0.938. The molecule has 4 nitrogen and oxygen atoms in total. The van der Waals surface area contributed by atoms with Gasteiger partial charge in [0.2, 0.25) is 5.92 Å². The number of likely N-dealkylation sites (N-methyl/N-ethyl adjacent to an activating group) is 1. The maximum Gasteiger partial charge on any atom is 0.317 e. The molecular formula is C16H29F2N3O. The van der Waals surface area contributed by atoms with Crippen molar-refractivity contribution in [3.05, 3.63) is 0 Å². The summed E-state index contributed by atoms with van der Waals surface area (Å²) >= 11 is 0. The van der Waals surface area contributed by atoms with E-state index in [1.54, 1.807) is 0 Å². The second-order valence-electron chi connectivity index (χ2n) is 6.79. The first-order valence-electron chi connectivity index (χ1n) is 8.58. The Bertz CT molecular complexity index is 349. The number of urea groups is 1. The number of likely N-dealkylation sites (tertiary alicyclic amines) is 1. The minimum absolute atomic E-state index is 0.00101. The van der Waals surface area contributed by atoms with E-state index in [1.807, 2.05) is 11.9 Å². The van der Waals surface area contributed by atoms with Crippen molar-refractivity contribution in [1.29, 1.82) is 0 Å². The average Bonchev–Trinajstić information content (AvgIpc) is 2.50. The smallest absolute Gasteiger partial charge is 0.317 e. The lowest BCUT2D eigenvalue weighted by molar-refractivity contribution is -0.0473. The normalized spacial score (nSPS) is 24.0. The Kier molecular flexibility index (Phi) is 6.41. The number of piperidine rings is 1. The van der Waals surface area contributed by atoms with E-state index in [0.29, 0.717) is 25.3 Å². The van der Waals surface area contributed by atoms with Crippen LogP contribution >= 0.6 is 0 Å². The fourth-order valence-electron chi connectivity index (χ4n) is 3.54. The zero-order chi connectivity index (χ0) is 16.0. The van der Waals surface area contributed by atoms with Gasteiger partial charge in [0, 0.05) is 38.5 Å². The highest BCUT2D eigenvalue weighted by Gasteiger charge is 2.35. The Morgan fingerprint density at radius 2 is 1.86 bits per heavy atom. The molecule has 128 valence electrons. The minimum Gasteiger partial charge on any atom is -0.334 e. The summed E-state index contributed by atoms with van der Waals surface area (Å²) in [7, 11) is 1.86. The lowest BCUT2D eigenvalue weighted by Gasteiger charge is -2.33. The molecular weight excluding hydrogens is 288 g/mol. The first-order valence-corrected chi connectivity index (χ1v) is 8.58.